The summed E-state index contributed by atoms with van der Waals surface area (Å²) >= 11 is 1.72. The van der Waals surface area contributed by atoms with Crippen LogP contribution in [0.15, 0.2) is 53.7 Å². The minimum Gasteiger partial charge on any atom is -0.336 e. The van der Waals surface area contributed by atoms with Crippen molar-refractivity contribution < 1.29 is 4.79 Å². The first-order valence-corrected chi connectivity index (χ1v) is 10.1. The van der Waals surface area contributed by atoms with Gasteiger partial charge in [0.15, 0.2) is 0 Å². The molecule has 2 heterocycles. The Morgan fingerprint density at radius 1 is 1.27 bits per heavy atom. The summed E-state index contributed by atoms with van der Waals surface area (Å²) < 4.78 is 2.01. The average Bonchev–Trinajstić information content (AvgIpc) is 3.04. The van der Waals surface area contributed by atoms with Crippen LogP contribution in [0.1, 0.15) is 30.7 Å². The summed E-state index contributed by atoms with van der Waals surface area (Å²) in [6, 6.07) is 12.6. The van der Waals surface area contributed by atoms with Crippen LogP contribution in [0.25, 0.3) is 5.65 Å². The smallest absolute Gasteiger partial charge is 0.229 e. The molecule has 3 aromatic rings. The van der Waals surface area contributed by atoms with Gasteiger partial charge in [0, 0.05) is 29.9 Å². The van der Waals surface area contributed by atoms with Crippen molar-refractivity contribution >= 4 is 23.3 Å². The molecule has 0 radical (unpaired) electrons. The number of hydrogen-bond acceptors (Lipinski definition) is 3. The van der Waals surface area contributed by atoms with E-state index in [1.807, 2.05) is 40.8 Å². The molecule has 0 bridgehead atoms. The number of thioether (sulfide) groups is 1. The minimum absolute atomic E-state index is 0.123. The van der Waals surface area contributed by atoms with Gasteiger partial charge in [-0.2, -0.15) is 0 Å². The summed E-state index contributed by atoms with van der Waals surface area (Å²) in [6.07, 6.45) is 6.20. The van der Waals surface area contributed by atoms with Gasteiger partial charge < -0.3 is 9.30 Å². The van der Waals surface area contributed by atoms with Gasteiger partial charge in [0.05, 0.1) is 12.1 Å². The molecule has 1 amide bonds. The van der Waals surface area contributed by atoms with Crippen LogP contribution in [0.3, 0.4) is 0 Å². The zero-order valence-electron chi connectivity index (χ0n) is 15.8. The number of fused-ring (bicyclic) bond motifs is 1. The van der Waals surface area contributed by atoms with Crippen LogP contribution < -0.4 is 0 Å². The Bertz CT molecular complexity index is 917. The Balaban J connectivity index is 1.81. The lowest BCUT2D eigenvalue weighted by Crippen LogP contribution is -2.37. The van der Waals surface area contributed by atoms with Crippen molar-refractivity contribution in [1.29, 1.82) is 0 Å². The van der Waals surface area contributed by atoms with Gasteiger partial charge >= 0.3 is 0 Å². The van der Waals surface area contributed by atoms with Crippen LogP contribution in [0, 0.1) is 6.92 Å². The maximum atomic E-state index is 13.0. The number of aryl methyl sites for hydroxylation is 1. The highest BCUT2D eigenvalue weighted by Crippen LogP contribution is 2.19. The van der Waals surface area contributed by atoms with Crippen LogP contribution in [-0.2, 0) is 17.8 Å². The molecule has 0 spiro atoms. The second kappa shape index (κ2) is 7.96. The fraction of sp³-hybridized carbons (Fsp3) is 0.333. The Kier molecular flexibility index (Phi) is 5.67. The number of rotatable bonds is 6. The molecule has 136 valence electrons. The summed E-state index contributed by atoms with van der Waals surface area (Å²) in [4.78, 5) is 20.6. The highest BCUT2D eigenvalue weighted by Gasteiger charge is 2.19. The predicted molar refractivity (Wildman–Crippen MR) is 108 cm³/mol. The normalized spacial score (nSPS) is 11.3. The minimum atomic E-state index is 0.123. The van der Waals surface area contributed by atoms with Gasteiger partial charge in [-0.15, -0.1) is 11.8 Å². The van der Waals surface area contributed by atoms with E-state index in [1.165, 1.54) is 4.90 Å². The molecule has 26 heavy (non-hydrogen) atoms. The molecule has 0 aliphatic rings. The molecule has 0 aliphatic heterocycles. The molecule has 4 nitrogen and oxygen atoms in total. The Morgan fingerprint density at radius 3 is 2.81 bits per heavy atom. The number of hydrogen-bond donors (Lipinski definition) is 0. The molecule has 0 unspecified atom stereocenters. The van der Waals surface area contributed by atoms with Crippen molar-refractivity contribution in [3.05, 3.63) is 65.6 Å². The van der Waals surface area contributed by atoms with E-state index in [2.05, 4.69) is 49.4 Å². The van der Waals surface area contributed by atoms with Crippen molar-refractivity contribution in [2.24, 2.45) is 0 Å². The van der Waals surface area contributed by atoms with Gasteiger partial charge in [-0.25, -0.2) is 4.98 Å². The van der Waals surface area contributed by atoms with E-state index in [0.717, 1.165) is 22.5 Å². The maximum Gasteiger partial charge on any atom is 0.229 e. The Morgan fingerprint density at radius 2 is 2.08 bits per heavy atom. The van der Waals surface area contributed by atoms with E-state index >= 15 is 0 Å². The lowest BCUT2D eigenvalue weighted by atomic mass is 10.1. The van der Waals surface area contributed by atoms with E-state index in [0.29, 0.717) is 13.0 Å². The number of carbonyl (C=O) groups excluding carboxylic acids is 1. The van der Waals surface area contributed by atoms with E-state index in [4.69, 9.17) is 0 Å². The van der Waals surface area contributed by atoms with E-state index in [1.54, 1.807) is 11.8 Å². The molecule has 0 saturated heterocycles. The van der Waals surface area contributed by atoms with Gasteiger partial charge in [0.25, 0.3) is 0 Å². The third-order valence-electron chi connectivity index (χ3n) is 4.57. The monoisotopic (exact) mass is 367 g/mol. The summed E-state index contributed by atoms with van der Waals surface area (Å²) in [5, 5.41) is 0. The quantitative estimate of drug-likeness (QED) is 0.608. The summed E-state index contributed by atoms with van der Waals surface area (Å²) in [5.74, 6) is 0.123. The SMILES string of the molecule is CSc1cccc(CN(C(=O)Cc2cnc3c(C)cccn23)C(C)C)c1. The van der Waals surface area contributed by atoms with Gasteiger partial charge in [0.1, 0.15) is 5.65 Å². The molecule has 0 N–H and O–H groups in total. The standard InChI is InChI=1S/C21H25N3OS/c1-15(2)24(14-17-8-5-9-19(11-17)26-4)20(25)12-18-13-22-21-16(3)7-6-10-23(18)21/h5-11,13,15H,12,14H2,1-4H3. The molecule has 0 fully saturated rings. The molecule has 5 heteroatoms. The van der Waals surface area contributed by atoms with Crippen molar-refractivity contribution in [1.82, 2.24) is 14.3 Å². The summed E-state index contributed by atoms with van der Waals surface area (Å²) in [7, 11) is 0. The van der Waals surface area contributed by atoms with Crippen LogP contribution in [0.2, 0.25) is 0 Å². The number of imidazole rings is 1. The topological polar surface area (TPSA) is 37.6 Å². The van der Waals surface area contributed by atoms with E-state index in [-0.39, 0.29) is 11.9 Å². The van der Waals surface area contributed by atoms with Gasteiger partial charge in [-0.05, 0) is 56.4 Å². The third-order valence-corrected chi connectivity index (χ3v) is 5.30. The van der Waals surface area contributed by atoms with Crippen molar-refractivity contribution in [3.63, 3.8) is 0 Å². The van der Waals surface area contributed by atoms with Crippen LogP contribution in [0.5, 0.6) is 0 Å². The lowest BCUT2D eigenvalue weighted by Gasteiger charge is -2.27. The molecule has 0 atom stereocenters. The number of aromatic nitrogens is 2. The molecule has 0 aliphatic carbocycles. The molecule has 1 aromatic carbocycles. The molecule has 2 aromatic heterocycles. The van der Waals surface area contributed by atoms with Crippen LogP contribution in [0.4, 0.5) is 0 Å². The highest BCUT2D eigenvalue weighted by atomic mass is 32.2. The predicted octanol–water partition coefficient (Wildman–Crippen LogP) is 4.34. The first kappa shape index (κ1) is 18.5. The second-order valence-corrected chi connectivity index (χ2v) is 7.66. The fourth-order valence-electron chi connectivity index (χ4n) is 3.12. The highest BCUT2D eigenvalue weighted by molar-refractivity contribution is 7.98. The Hall–Kier alpha value is -2.27. The van der Waals surface area contributed by atoms with E-state index in [9.17, 15) is 4.79 Å². The Labute approximate surface area is 159 Å². The van der Waals surface area contributed by atoms with Gasteiger partial charge in [0.2, 0.25) is 5.91 Å². The number of nitrogens with zero attached hydrogens (tertiary/aromatic N) is 3. The van der Waals surface area contributed by atoms with E-state index < -0.39 is 0 Å². The van der Waals surface area contributed by atoms with Crippen molar-refractivity contribution in [3.8, 4) is 0 Å². The molecular formula is C21H25N3OS. The van der Waals surface area contributed by atoms with Gasteiger partial charge in [-0.1, -0.05) is 18.2 Å². The molecular weight excluding hydrogens is 342 g/mol. The fourth-order valence-corrected chi connectivity index (χ4v) is 3.60. The molecule has 3 rings (SSSR count). The average molecular weight is 368 g/mol. The van der Waals surface area contributed by atoms with Crippen LogP contribution >= 0.6 is 11.8 Å². The summed E-state index contributed by atoms with van der Waals surface area (Å²) in [5.41, 5.74) is 4.12. The van der Waals surface area contributed by atoms with Gasteiger partial charge in [-0.3, -0.25) is 4.79 Å². The first-order chi connectivity index (χ1) is 12.5. The molecule has 0 saturated carbocycles. The second-order valence-electron chi connectivity index (χ2n) is 6.78. The van der Waals surface area contributed by atoms with Crippen molar-refractivity contribution in [2.75, 3.05) is 6.26 Å². The first-order valence-electron chi connectivity index (χ1n) is 8.83. The lowest BCUT2D eigenvalue weighted by molar-refractivity contribution is -0.132. The maximum absolute atomic E-state index is 13.0. The van der Waals surface area contributed by atoms with Crippen molar-refractivity contribution in [2.45, 2.75) is 44.7 Å². The summed E-state index contributed by atoms with van der Waals surface area (Å²) in [6.45, 7) is 6.79. The number of pyridine rings is 1. The number of carbonyl (C=O) groups is 1. The largest absolute Gasteiger partial charge is 0.336 e. The zero-order valence-corrected chi connectivity index (χ0v) is 16.6. The van der Waals surface area contributed by atoms with Crippen LogP contribution in [-0.4, -0.2) is 32.5 Å². The number of benzene rings is 1. The third kappa shape index (κ3) is 3.93. The number of amides is 1. The zero-order chi connectivity index (χ0) is 18.7.